The zero-order chi connectivity index (χ0) is 13.9. The lowest BCUT2D eigenvalue weighted by molar-refractivity contribution is -0.137. The molecule has 4 nitrogen and oxygen atoms in total. The molecule has 0 aromatic carbocycles. The van der Waals surface area contributed by atoms with Gasteiger partial charge in [-0.3, -0.25) is 0 Å². The van der Waals surface area contributed by atoms with E-state index in [2.05, 4.69) is 13.5 Å². The lowest BCUT2D eigenvalue weighted by Crippen LogP contribution is -2.38. The van der Waals surface area contributed by atoms with E-state index in [0.29, 0.717) is 6.61 Å². The fourth-order valence-corrected chi connectivity index (χ4v) is 4.13. The van der Waals surface area contributed by atoms with Crippen molar-refractivity contribution in [3.05, 3.63) is 12.7 Å². The Hall–Kier alpha value is -0.653. The molecule has 0 heterocycles. The van der Waals surface area contributed by atoms with Crippen LogP contribution in [0.4, 0.5) is 0 Å². The molecule has 0 aromatic heterocycles. The predicted octanol–water partition coefficient (Wildman–Crippen LogP) is 3.03. The maximum absolute atomic E-state index is 10.8. The van der Waals surface area contributed by atoms with Gasteiger partial charge >= 0.3 is 14.5 Å². The van der Waals surface area contributed by atoms with E-state index in [-0.39, 0.29) is 5.97 Å². The Kier molecular flexibility index (Phi) is 9.91. The van der Waals surface area contributed by atoms with E-state index in [1.54, 1.807) is 14.2 Å². The molecule has 0 rings (SSSR count). The zero-order valence-corrected chi connectivity index (χ0v) is 12.9. The van der Waals surface area contributed by atoms with E-state index in [4.69, 9.17) is 13.6 Å². The third-order valence-electron chi connectivity index (χ3n) is 3.15. The summed E-state index contributed by atoms with van der Waals surface area (Å²) in [5, 5.41) is 0. The van der Waals surface area contributed by atoms with Crippen molar-refractivity contribution < 1.29 is 18.4 Å². The molecule has 0 spiro atoms. The van der Waals surface area contributed by atoms with E-state index in [9.17, 15) is 4.79 Å². The molecule has 0 aromatic rings. The quantitative estimate of drug-likeness (QED) is 0.251. The number of esters is 1. The molecule has 0 amide bonds. The Morgan fingerprint density at radius 2 is 1.78 bits per heavy atom. The SMILES string of the molecule is C=CC(=O)OCCCCCC[Si](CC)(OC)OC. The molecule has 18 heavy (non-hydrogen) atoms. The molecular weight excluding hydrogens is 248 g/mol. The first-order chi connectivity index (χ1) is 8.64. The van der Waals surface area contributed by atoms with Crippen LogP contribution in [-0.4, -0.2) is 35.4 Å². The van der Waals surface area contributed by atoms with Crippen molar-refractivity contribution in [2.45, 2.75) is 44.7 Å². The molecule has 0 radical (unpaired) electrons. The average molecular weight is 274 g/mol. The fourth-order valence-electron chi connectivity index (χ4n) is 1.83. The normalized spacial score (nSPS) is 11.3. The number of rotatable bonds is 11. The van der Waals surface area contributed by atoms with Gasteiger partial charge < -0.3 is 13.6 Å². The summed E-state index contributed by atoms with van der Waals surface area (Å²) in [7, 11) is 1.58. The summed E-state index contributed by atoms with van der Waals surface area (Å²) in [6.07, 6.45) is 5.38. The van der Waals surface area contributed by atoms with Crippen LogP contribution in [0.15, 0.2) is 12.7 Å². The standard InChI is InChI=1S/C13H26O4Si/c1-5-13(14)17-11-9-7-8-10-12-18(6-2,15-3)16-4/h5H,1,6-12H2,2-4H3. The lowest BCUT2D eigenvalue weighted by Gasteiger charge is -2.25. The van der Waals surface area contributed by atoms with Gasteiger partial charge in [0.05, 0.1) is 6.61 Å². The topological polar surface area (TPSA) is 44.8 Å². The molecule has 0 aliphatic heterocycles. The van der Waals surface area contributed by atoms with Crippen LogP contribution in [0.1, 0.15) is 32.6 Å². The van der Waals surface area contributed by atoms with Crippen molar-refractivity contribution in [3.8, 4) is 0 Å². The number of hydrogen-bond acceptors (Lipinski definition) is 4. The Morgan fingerprint density at radius 3 is 2.28 bits per heavy atom. The molecule has 0 fully saturated rings. The summed E-state index contributed by atoms with van der Waals surface area (Å²) in [4.78, 5) is 10.8. The summed E-state index contributed by atoms with van der Waals surface area (Å²) in [5.74, 6) is -0.342. The number of carbonyl (C=O) groups is 1. The Balaban J connectivity index is 3.55. The number of unbranched alkanes of at least 4 members (excludes halogenated alkanes) is 3. The highest BCUT2D eigenvalue weighted by Gasteiger charge is 2.32. The molecule has 0 saturated heterocycles. The molecule has 0 N–H and O–H groups in total. The van der Waals surface area contributed by atoms with Crippen molar-refractivity contribution >= 4 is 14.5 Å². The van der Waals surface area contributed by atoms with Crippen LogP contribution in [0.25, 0.3) is 0 Å². The van der Waals surface area contributed by atoms with Gasteiger partial charge in [-0.15, -0.1) is 0 Å². The maximum atomic E-state index is 10.8. The highest BCUT2D eigenvalue weighted by atomic mass is 28.4. The van der Waals surface area contributed by atoms with Gasteiger partial charge in [0.25, 0.3) is 0 Å². The number of ether oxygens (including phenoxy) is 1. The fraction of sp³-hybridized carbons (Fsp3) is 0.769. The minimum absolute atomic E-state index is 0.342. The minimum Gasteiger partial charge on any atom is -0.463 e. The molecule has 5 heteroatoms. The van der Waals surface area contributed by atoms with Gasteiger partial charge in [-0.2, -0.15) is 0 Å². The van der Waals surface area contributed by atoms with Gasteiger partial charge in [-0.05, 0) is 18.5 Å². The molecule has 0 unspecified atom stereocenters. The molecule has 0 aliphatic carbocycles. The molecule has 0 atom stereocenters. The molecule has 0 aliphatic rings. The zero-order valence-electron chi connectivity index (χ0n) is 11.9. The van der Waals surface area contributed by atoms with Crippen LogP contribution in [0.3, 0.4) is 0 Å². The van der Waals surface area contributed by atoms with Gasteiger partial charge in [0.1, 0.15) is 0 Å². The van der Waals surface area contributed by atoms with Crippen molar-refractivity contribution in [2.75, 3.05) is 20.8 Å². The average Bonchev–Trinajstić information content (AvgIpc) is 2.42. The van der Waals surface area contributed by atoms with Crippen LogP contribution in [0.5, 0.6) is 0 Å². The van der Waals surface area contributed by atoms with Gasteiger partial charge in [0, 0.05) is 20.3 Å². The maximum Gasteiger partial charge on any atom is 0.337 e. The third-order valence-corrected chi connectivity index (χ3v) is 6.83. The Bertz CT molecular complexity index is 231. The van der Waals surface area contributed by atoms with E-state index < -0.39 is 8.56 Å². The van der Waals surface area contributed by atoms with Gasteiger partial charge in [0.15, 0.2) is 0 Å². The minimum atomic E-state index is -1.91. The monoisotopic (exact) mass is 274 g/mol. The molecule has 0 bridgehead atoms. The van der Waals surface area contributed by atoms with Gasteiger partial charge in [-0.25, -0.2) is 4.79 Å². The summed E-state index contributed by atoms with van der Waals surface area (Å²) in [6.45, 7) is 5.95. The summed E-state index contributed by atoms with van der Waals surface area (Å²) < 4.78 is 16.0. The lowest BCUT2D eigenvalue weighted by atomic mass is 10.2. The molecule has 0 saturated carbocycles. The van der Waals surface area contributed by atoms with E-state index in [0.717, 1.165) is 37.8 Å². The second-order valence-corrected chi connectivity index (χ2v) is 8.05. The summed E-state index contributed by atoms with van der Waals surface area (Å²) in [5.41, 5.74) is 0. The van der Waals surface area contributed by atoms with Gasteiger partial charge in [-0.1, -0.05) is 32.8 Å². The largest absolute Gasteiger partial charge is 0.463 e. The van der Waals surface area contributed by atoms with E-state index >= 15 is 0 Å². The van der Waals surface area contributed by atoms with Crippen LogP contribution < -0.4 is 0 Å². The summed E-state index contributed by atoms with van der Waals surface area (Å²) >= 11 is 0. The second-order valence-electron chi connectivity index (χ2n) is 4.21. The van der Waals surface area contributed by atoms with Crippen molar-refractivity contribution in [1.29, 1.82) is 0 Å². The van der Waals surface area contributed by atoms with Crippen LogP contribution in [0.2, 0.25) is 12.1 Å². The third kappa shape index (κ3) is 6.93. The van der Waals surface area contributed by atoms with Crippen LogP contribution >= 0.6 is 0 Å². The number of hydrogen-bond donors (Lipinski definition) is 0. The molecule has 106 valence electrons. The second kappa shape index (κ2) is 10.3. The Morgan fingerprint density at radius 1 is 1.17 bits per heavy atom. The highest BCUT2D eigenvalue weighted by molar-refractivity contribution is 6.67. The summed E-state index contributed by atoms with van der Waals surface area (Å²) in [6, 6.07) is 2.01. The van der Waals surface area contributed by atoms with E-state index in [1.165, 1.54) is 6.08 Å². The molecular formula is C13H26O4Si. The highest BCUT2D eigenvalue weighted by Crippen LogP contribution is 2.20. The van der Waals surface area contributed by atoms with Crippen molar-refractivity contribution in [2.24, 2.45) is 0 Å². The van der Waals surface area contributed by atoms with Crippen molar-refractivity contribution in [1.82, 2.24) is 0 Å². The first-order valence-corrected chi connectivity index (χ1v) is 8.76. The first-order valence-electron chi connectivity index (χ1n) is 6.53. The smallest absolute Gasteiger partial charge is 0.337 e. The Labute approximate surface area is 112 Å². The van der Waals surface area contributed by atoms with Crippen molar-refractivity contribution in [3.63, 3.8) is 0 Å². The first kappa shape index (κ1) is 17.3. The van der Waals surface area contributed by atoms with Gasteiger partial charge in [0.2, 0.25) is 0 Å². The van der Waals surface area contributed by atoms with E-state index in [1.807, 2.05) is 0 Å². The predicted molar refractivity (Wildman–Crippen MR) is 74.7 cm³/mol. The van der Waals surface area contributed by atoms with Crippen LogP contribution in [0, 0.1) is 0 Å². The number of carbonyl (C=O) groups excluding carboxylic acids is 1. The van der Waals surface area contributed by atoms with Crippen LogP contribution in [-0.2, 0) is 18.4 Å².